The average Bonchev–Trinajstić information content (AvgIpc) is 3.29. The molecular formula is C25H29N5O. The molecule has 160 valence electrons. The first-order valence-corrected chi connectivity index (χ1v) is 11.0. The molecule has 1 aliphatic rings. The highest BCUT2D eigenvalue weighted by atomic mass is 16.5. The van der Waals surface area contributed by atoms with Gasteiger partial charge in [-0.25, -0.2) is 4.68 Å². The second-order valence-corrected chi connectivity index (χ2v) is 8.81. The molecule has 0 radical (unpaired) electrons. The monoisotopic (exact) mass is 415 g/mol. The van der Waals surface area contributed by atoms with Gasteiger partial charge in [0.1, 0.15) is 0 Å². The average molecular weight is 416 g/mol. The van der Waals surface area contributed by atoms with Crippen molar-refractivity contribution in [1.29, 1.82) is 0 Å². The van der Waals surface area contributed by atoms with Crippen molar-refractivity contribution >= 4 is 27.5 Å². The van der Waals surface area contributed by atoms with Crippen LogP contribution < -0.4 is 0 Å². The fraction of sp³-hybridized carbons (Fsp3) is 0.400. The molecule has 4 aromatic rings. The maximum Gasteiger partial charge on any atom is 0.0960 e. The number of fused-ring (bicyclic) bond motifs is 3. The molecule has 0 amide bonds. The smallest absolute Gasteiger partial charge is 0.0960 e. The zero-order valence-corrected chi connectivity index (χ0v) is 18.7. The Morgan fingerprint density at radius 2 is 1.97 bits per heavy atom. The van der Waals surface area contributed by atoms with Crippen LogP contribution in [0.25, 0.3) is 38.8 Å². The van der Waals surface area contributed by atoms with Gasteiger partial charge in [0.2, 0.25) is 0 Å². The minimum Gasteiger partial charge on any atom is -0.381 e. The largest absolute Gasteiger partial charge is 0.381 e. The molecule has 0 bridgehead atoms. The SMILES string of the molecule is C=C(C)c1ccc2c3ncc(-c4c(C)nnn4C)cc3n([C@H](C)C3CCOCC3)c2c1. The highest BCUT2D eigenvalue weighted by molar-refractivity contribution is 6.07. The Kier molecular flexibility index (Phi) is 4.89. The first-order chi connectivity index (χ1) is 15.0. The van der Waals surface area contributed by atoms with Crippen molar-refractivity contribution < 1.29 is 4.74 Å². The number of aromatic nitrogens is 5. The Hall–Kier alpha value is -2.99. The molecule has 1 saturated heterocycles. The van der Waals surface area contributed by atoms with Crippen LogP contribution in [-0.2, 0) is 11.8 Å². The molecule has 1 fully saturated rings. The molecule has 6 nitrogen and oxygen atoms in total. The van der Waals surface area contributed by atoms with Crippen LogP contribution in [0.3, 0.4) is 0 Å². The van der Waals surface area contributed by atoms with Gasteiger partial charge in [-0.3, -0.25) is 4.98 Å². The van der Waals surface area contributed by atoms with Crippen LogP contribution in [0.15, 0.2) is 37.0 Å². The molecule has 1 aromatic carbocycles. The second kappa shape index (κ2) is 7.61. The number of nitrogens with zero attached hydrogens (tertiary/aromatic N) is 5. The second-order valence-electron chi connectivity index (χ2n) is 8.81. The lowest BCUT2D eigenvalue weighted by Crippen LogP contribution is -2.24. The maximum absolute atomic E-state index is 5.64. The van der Waals surface area contributed by atoms with Gasteiger partial charge in [-0.15, -0.1) is 5.10 Å². The fourth-order valence-corrected chi connectivity index (χ4v) is 5.00. The predicted octanol–water partition coefficient (Wildman–Crippen LogP) is 5.31. The third-order valence-electron chi connectivity index (χ3n) is 6.76. The summed E-state index contributed by atoms with van der Waals surface area (Å²) < 4.78 is 9.95. The molecule has 6 heteroatoms. The van der Waals surface area contributed by atoms with Gasteiger partial charge in [0.05, 0.1) is 27.9 Å². The Morgan fingerprint density at radius 3 is 2.65 bits per heavy atom. The molecule has 0 saturated carbocycles. The highest BCUT2D eigenvalue weighted by Gasteiger charge is 2.26. The van der Waals surface area contributed by atoms with Crippen LogP contribution in [-0.4, -0.2) is 37.8 Å². The van der Waals surface area contributed by atoms with E-state index in [2.05, 4.69) is 59.6 Å². The van der Waals surface area contributed by atoms with Crippen LogP contribution in [0.2, 0.25) is 0 Å². The highest BCUT2D eigenvalue weighted by Crippen LogP contribution is 2.38. The standard InChI is InChI=1S/C25H29N5O/c1-15(2)19-6-7-21-22(12-19)30(17(4)18-8-10-31-11-9-18)23-13-20(14-26-24(21)23)25-16(3)27-28-29(25)5/h6-7,12-14,17-18H,1,8-11H2,2-5H3/t17-/m1/s1. The zero-order valence-electron chi connectivity index (χ0n) is 18.7. The summed E-state index contributed by atoms with van der Waals surface area (Å²) in [5.74, 6) is 0.574. The molecule has 0 aliphatic carbocycles. The van der Waals surface area contributed by atoms with Crippen LogP contribution in [0.4, 0.5) is 0 Å². The van der Waals surface area contributed by atoms with Gasteiger partial charge >= 0.3 is 0 Å². The van der Waals surface area contributed by atoms with Crippen molar-refractivity contribution in [3.8, 4) is 11.3 Å². The molecule has 1 atom stereocenters. The maximum atomic E-state index is 5.64. The lowest BCUT2D eigenvalue weighted by molar-refractivity contribution is 0.0525. The van der Waals surface area contributed by atoms with Gasteiger partial charge in [0.25, 0.3) is 0 Å². The number of hydrogen-bond donors (Lipinski definition) is 0. The molecule has 1 aliphatic heterocycles. The van der Waals surface area contributed by atoms with E-state index < -0.39 is 0 Å². The van der Waals surface area contributed by atoms with Gasteiger partial charge in [-0.1, -0.05) is 29.5 Å². The Bertz CT molecular complexity index is 1270. The van der Waals surface area contributed by atoms with E-state index in [-0.39, 0.29) is 0 Å². The summed E-state index contributed by atoms with van der Waals surface area (Å²) in [6.07, 6.45) is 4.12. The van der Waals surface area contributed by atoms with E-state index in [1.165, 1.54) is 16.5 Å². The number of allylic oxidation sites excluding steroid dienone is 1. The van der Waals surface area contributed by atoms with Crippen LogP contribution in [0, 0.1) is 12.8 Å². The quantitative estimate of drug-likeness (QED) is 0.453. The number of pyridine rings is 1. The van der Waals surface area contributed by atoms with Gasteiger partial charge in [-0.2, -0.15) is 0 Å². The van der Waals surface area contributed by atoms with Gasteiger partial charge in [0, 0.05) is 43.4 Å². The minimum atomic E-state index is 0.340. The Balaban J connectivity index is 1.78. The van der Waals surface area contributed by atoms with E-state index in [0.29, 0.717) is 12.0 Å². The van der Waals surface area contributed by atoms with E-state index in [1.54, 1.807) is 0 Å². The molecule has 4 heterocycles. The molecule has 31 heavy (non-hydrogen) atoms. The normalized spacial score (nSPS) is 16.3. The van der Waals surface area contributed by atoms with E-state index in [9.17, 15) is 0 Å². The van der Waals surface area contributed by atoms with E-state index in [1.807, 2.05) is 24.9 Å². The number of benzene rings is 1. The van der Waals surface area contributed by atoms with Gasteiger partial charge in [0.15, 0.2) is 0 Å². The van der Waals surface area contributed by atoms with Crippen LogP contribution >= 0.6 is 0 Å². The van der Waals surface area contributed by atoms with E-state index in [0.717, 1.165) is 59.6 Å². The molecule has 0 N–H and O–H groups in total. The number of hydrogen-bond acceptors (Lipinski definition) is 4. The Labute approximate surface area is 182 Å². The molecule has 0 spiro atoms. The van der Waals surface area contributed by atoms with Crippen molar-refractivity contribution in [3.63, 3.8) is 0 Å². The Morgan fingerprint density at radius 1 is 1.19 bits per heavy atom. The number of aryl methyl sites for hydroxylation is 2. The predicted molar refractivity (Wildman–Crippen MR) is 125 cm³/mol. The van der Waals surface area contributed by atoms with Gasteiger partial charge < -0.3 is 9.30 Å². The first kappa shape index (κ1) is 19.9. The van der Waals surface area contributed by atoms with Crippen molar-refractivity contribution in [3.05, 3.63) is 48.3 Å². The lowest BCUT2D eigenvalue weighted by Gasteiger charge is -2.30. The summed E-state index contributed by atoms with van der Waals surface area (Å²) >= 11 is 0. The van der Waals surface area contributed by atoms with E-state index >= 15 is 0 Å². The number of ether oxygens (including phenoxy) is 1. The van der Waals surface area contributed by atoms with Crippen molar-refractivity contribution in [2.24, 2.45) is 13.0 Å². The molecule has 5 rings (SSSR count). The lowest BCUT2D eigenvalue weighted by atomic mass is 9.92. The fourth-order valence-electron chi connectivity index (χ4n) is 5.00. The van der Waals surface area contributed by atoms with Gasteiger partial charge in [-0.05, 0) is 57.2 Å². The van der Waals surface area contributed by atoms with E-state index in [4.69, 9.17) is 9.72 Å². The summed E-state index contributed by atoms with van der Waals surface area (Å²) in [6.45, 7) is 12.2. The summed E-state index contributed by atoms with van der Waals surface area (Å²) in [4.78, 5) is 4.93. The summed E-state index contributed by atoms with van der Waals surface area (Å²) in [5.41, 5.74) is 8.62. The first-order valence-electron chi connectivity index (χ1n) is 11.0. The van der Waals surface area contributed by atoms with Crippen molar-refractivity contribution in [2.45, 2.75) is 39.7 Å². The third kappa shape index (κ3) is 3.26. The molecule has 3 aromatic heterocycles. The topological polar surface area (TPSA) is 57.8 Å². The third-order valence-corrected chi connectivity index (χ3v) is 6.76. The summed E-state index contributed by atoms with van der Waals surface area (Å²) in [5, 5.41) is 9.60. The zero-order chi connectivity index (χ0) is 21.7. The summed E-state index contributed by atoms with van der Waals surface area (Å²) in [6, 6.07) is 9.21. The molecular weight excluding hydrogens is 386 g/mol. The number of rotatable bonds is 4. The minimum absolute atomic E-state index is 0.340. The van der Waals surface area contributed by atoms with Crippen LogP contribution in [0.1, 0.15) is 44.0 Å². The summed E-state index contributed by atoms with van der Waals surface area (Å²) in [7, 11) is 1.93. The molecule has 0 unspecified atom stereocenters. The van der Waals surface area contributed by atoms with Crippen molar-refractivity contribution in [2.75, 3.05) is 13.2 Å². The van der Waals surface area contributed by atoms with Crippen molar-refractivity contribution in [1.82, 2.24) is 24.5 Å². The van der Waals surface area contributed by atoms with Crippen LogP contribution in [0.5, 0.6) is 0 Å².